The molecule has 0 aliphatic heterocycles. The van der Waals surface area contributed by atoms with Crippen LogP contribution in [0, 0.1) is 29.1 Å². The lowest BCUT2D eigenvalue weighted by Gasteiger charge is -2.46. The zero-order chi connectivity index (χ0) is 21.8. The fourth-order valence-corrected chi connectivity index (χ4v) is 7.00. The molecule has 2 heteroatoms. The van der Waals surface area contributed by atoms with E-state index in [-0.39, 0.29) is 5.92 Å². The number of benzene rings is 1. The van der Waals surface area contributed by atoms with Crippen LogP contribution in [0.15, 0.2) is 36.4 Å². The molecule has 1 aromatic rings. The summed E-state index contributed by atoms with van der Waals surface area (Å²) >= 11 is 0. The largest absolute Gasteiger partial charge is 0.239 e. The van der Waals surface area contributed by atoms with Gasteiger partial charge in [0.15, 0.2) is 6.17 Å². The molecule has 3 aliphatic rings. The van der Waals surface area contributed by atoms with Gasteiger partial charge in [-0.15, -0.1) is 0 Å². The number of allylic oxidation sites excluding steroid dienone is 2. The summed E-state index contributed by atoms with van der Waals surface area (Å²) in [5.41, 5.74) is -0.706. The van der Waals surface area contributed by atoms with Gasteiger partial charge < -0.3 is 0 Å². The van der Waals surface area contributed by atoms with Gasteiger partial charge in [-0.25, -0.2) is 8.78 Å². The van der Waals surface area contributed by atoms with Crippen LogP contribution < -0.4 is 10.4 Å². The second kappa shape index (κ2) is 10.0. The fourth-order valence-electron chi connectivity index (χ4n) is 7.00. The van der Waals surface area contributed by atoms with Crippen molar-refractivity contribution in [3.05, 3.63) is 46.9 Å². The minimum Gasteiger partial charge on any atom is -0.239 e. The molecule has 0 heterocycles. The van der Waals surface area contributed by atoms with E-state index in [9.17, 15) is 0 Å². The molecule has 2 unspecified atom stereocenters. The Hall–Kier alpha value is -1.44. The minimum absolute atomic E-state index is 0.232. The number of hydrogen-bond acceptors (Lipinski definition) is 0. The van der Waals surface area contributed by atoms with Gasteiger partial charge in [0.25, 0.3) is 0 Å². The van der Waals surface area contributed by atoms with Crippen LogP contribution in [-0.4, -0.2) is 6.17 Å². The Kier molecular flexibility index (Phi) is 7.34. The van der Waals surface area contributed by atoms with Crippen molar-refractivity contribution in [1.29, 1.82) is 0 Å². The molecule has 0 radical (unpaired) electrons. The van der Waals surface area contributed by atoms with Crippen LogP contribution in [0.3, 0.4) is 0 Å². The Morgan fingerprint density at radius 3 is 2.26 bits per heavy atom. The Bertz CT molecular complexity index is 868. The number of alkyl halides is 1. The van der Waals surface area contributed by atoms with E-state index in [0.29, 0.717) is 11.6 Å². The SMILES string of the molecule is C/C=C/CCC1(C2CCC(C3CCC(CC)CC3)CC2)C=c2ccccc2=C(F)C1F. The summed E-state index contributed by atoms with van der Waals surface area (Å²) in [6, 6.07) is 7.45. The van der Waals surface area contributed by atoms with E-state index in [4.69, 9.17) is 0 Å². The Labute approximate surface area is 187 Å². The highest BCUT2D eigenvalue weighted by Gasteiger charge is 2.48. The van der Waals surface area contributed by atoms with Crippen molar-refractivity contribution < 1.29 is 8.78 Å². The molecule has 1 aromatic carbocycles. The molecule has 0 nitrogen and oxygen atoms in total. The highest BCUT2D eigenvalue weighted by molar-refractivity contribution is 5.55. The van der Waals surface area contributed by atoms with Gasteiger partial charge >= 0.3 is 0 Å². The van der Waals surface area contributed by atoms with Crippen molar-refractivity contribution in [2.45, 2.75) is 90.6 Å². The van der Waals surface area contributed by atoms with Crippen molar-refractivity contribution in [1.82, 2.24) is 0 Å². The lowest BCUT2D eigenvalue weighted by Crippen LogP contribution is -2.48. The highest BCUT2D eigenvalue weighted by Crippen LogP contribution is 2.52. The summed E-state index contributed by atoms with van der Waals surface area (Å²) in [6.07, 6.45) is 17.6. The molecule has 2 saturated carbocycles. The lowest BCUT2D eigenvalue weighted by atomic mass is 9.59. The van der Waals surface area contributed by atoms with Crippen molar-refractivity contribution in [3.63, 3.8) is 0 Å². The summed E-state index contributed by atoms with van der Waals surface area (Å²) in [5.74, 6) is 2.28. The third kappa shape index (κ3) is 4.55. The lowest BCUT2D eigenvalue weighted by molar-refractivity contribution is 0.0593. The predicted molar refractivity (Wildman–Crippen MR) is 127 cm³/mol. The van der Waals surface area contributed by atoms with Crippen LogP contribution in [0.1, 0.15) is 84.5 Å². The maximum Gasteiger partial charge on any atom is 0.161 e. The van der Waals surface area contributed by atoms with Gasteiger partial charge in [0.1, 0.15) is 5.83 Å². The molecular formula is C29H40F2. The second-order valence-corrected chi connectivity index (χ2v) is 10.5. The molecule has 0 bridgehead atoms. The van der Waals surface area contributed by atoms with Crippen LogP contribution in [0.25, 0.3) is 11.9 Å². The van der Waals surface area contributed by atoms with Crippen molar-refractivity contribution in [2.75, 3.05) is 0 Å². The summed E-state index contributed by atoms with van der Waals surface area (Å²) in [7, 11) is 0. The van der Waals surface area contributed by atoms with E-state index in [1.165, 1.54) is 44.9 Å². The molecule has 3 aliphatic carbocycles. The van der Waals surface area contributed by atoms with Gasteiger partial charge in [0.05, 0.1) is 0 Å². The molecule has 0 saturated heterocycles. The van der Waals surface area contributed by atoms with E-state index in [0.717, 1.165) is 42.2 Å². The minimum atomic E-state index is -1.52. The van der Waals surface area contributed by atoms with Crippen LogP contribution in [0.4, 0.5) is 8.78 Å². The molecule has 0 aromatic heterocycles. The normalized spacial score (nSPS) is 36.3. The Morgan fingerprint density at radius 2 is 1.61 bits per heavy atom. The molecule has 2 fully saturated rings. The summed E-state index contributed by atoms with van der Waals surface area (Å²) in [4.78, 5) is 0. The first-order valence-corrected chi connectivity index (χ1v) is 12.8. The summed E-state index contributed by atoms with van der Waals surface area (Å²) in [6.45, 7) is 4.33. The fraction of sp³-hybridized carbons (Fsp3) is 0.655. The summed E-state index contributed by atoms with van der Waals surface area (Å²) in [5, 5.41) is 1.34. The van der Waals surface area contributed by atoms with Gasteiger partial charge in [0.2, 0.25) is 0 Å². The van der Waals surface area contributed by atoms with Crippen LogP contribution in [0.2, 0.25) is 0 Å². The average molecular weight is 427 g/mol. The smallest absolute Gasteiger partial charge is 0.161 e. The van der Waals surface area contributed by atoms with Crippen LogP contribution in [0.5, 0.6) is 0 Å². The van der Waals surface area contributed by atoms with Crippen molar-refractivity contribution in [2.24, 2.45) is 29.1 Å². The number of hydrogen-bond donors (Lipinski definition) is 0. The van der Waals surface area contributed by atoms with Crippen molar-refractivity contribution in [3.8, 4) is 0 Å². The number of rotatable bonds is 6. The zero-order valence-corrected chi connectivity index (χ0v) is 19.5. The number of halogens is 2. The second-order valence-electron chi connectivity index (χ2n) is 10.5. The highest BCUT2D eigenvalue weighted by atomic mass is 19.2. The van der Waals surface area contributed by atoms with E-state index in [2.05, 4.69) is 19.1 Å². The quantitative estimate of drug-likeness (QED) is 0.420. The van der Waals surface area contributed by atoms with E-state index in [1.807, 2.05) is 31.2 Å². The molecule has 0 amide bonds. The standard InChI is InChI=1S/C29H40F2/c1-3-5-8-19-29(20-24-9-6-7-10-26(24)27(30)28(29)31)25-17-15-23(16-18-25)22-13-11-21(4-2)12-14-22/h3,5-7,9-10,20-23,25,28H,4,8,11-19H2,1-2H3/b5-3+. The molecule has 4 rings (SSSR count). The van der Waals surface area contributed by atoms with Gasteiger partial charge in [0, 0.05) is 10.6 Å². The molecular weight excluding hydrogens is 386 g/mol. The van der Waals surface area contributed by atoms with Crippen molar-refractivity contribution >= 4 is 11.9 Å². The van der Waals surface area contributed by atoms with Gasteiger partial charge in [-0.05, 0) is 87.2 Å². The maximum absolute atomic E-state index is 15.9. The predicted octanol–water partition coefficient (Wildman–Crippen LogP) is 7.26. The first kappa shape index (κ1) is 22.7. The monoisotopic (exact) mass is 426 g/mol. The molecule has 31 heavy (non-hydrogen) atoms. The summed E-state index contributed by atoms with van der Waals surface area (Å²) < 4.78 is 31.1. The molecule has 2 atom stereocenters. The van der Waals surface area contributed by atoms with E-state index < -0.39 is 17.4 Å². The number of fused-ring (bicyclic) bond motifs is 1. The molecule has 0 spiro atoms. The van der Waals surface area contributed by atoms with E-state index >= 15 is 8.78 Å². The van der Waals surface area contributed by atoms with Gasteiger partial charge in [-0.2, -0.15) is 0 Å². The van der Waals surface area contributed by atoms with Gasteiger partial charge in [-0.3, -0.25) is 0 Å². The van der Waals surface area contributed by atoms with E-state index in [1.54, 1.807) is 6.07 Å². The average Bonchev–Trinajstić information content (AvgIpc) is 2.82. The first-order chi connectivity index (χ1) is 15.1. The third-order valence-corrected chi connectivity index (χ3v) is 8.98. The maximum atomic E-state index is 15.9. The van der Waals surface area contributed by atoms with Crippen LogP contribution >= 0.6 is 0 Å². The first-order valence-electron chi connectivity index (χ1n) is 12.8. The topological polar surface area (TPSA) is 0 Å². The van der Waals surface area contributed by atoms with Crippen LogP contribution in [-0.2, 0) is 0 Å². The molecule has 0 N–H and O–H groups in total. The van der Waals surface area contributed by atoms with Gasteiger partial charge in [-0.1, -0.05) is 68.7 Å². The Morgan fingerprint density at radius 1 is 0.968 bits per heavy atom. The molecule has 170 valence electrons. The Balaban J connectivity index is 1.54. The third-order valence-electron chi connectivity index (χ3n) is 8.98. The zero-order valence-electron chi connectivity index (χ0n) is 19.5.